The summed E-state index contributed by atoms with van der Waals surface area (Å²) < 4.78 is 7.94. The van der Waals surface area contributed by atoms with Crippen molar-refractivity contribution in [3.63, 3.8) is 0 Å². The normalized spacial score (nSPS) is 10.8. The van der Waals surface area contributed by atoms with E-state index in [-0.39, 0.29) is 5.91 Å². The standard InChI is InChI=1S/C21H17BrN4O2/c1-13-20(14-3-6-18(28-2)7-4-14)25-19-8-5-17(12-26(13)19)24-21(27)15-9-16(22)11-23-10-15/h3-12H,1-2H3,(H,24,27). The molecule has 140 valence electrons. The minimum absolute atomic E-state index is 0.221. The summed E-state index contributed by atoms with van der Waals surface area (Å²) in [5.41, 5.74) is 4.86. The summed E-state index contributed by atoms with van der Waals surface area (Å²) in [6, 6.07) is 13.2. The Morgan fingerprint density at radius 3 is 2.64 bits per heavy atom. The van der Waals surface area contributed by atoms with Gasteiger partial charge in [-0.15, -0.1) is 0 Å². The van der Waals surface area contributed by atoms with E-state index >= 15 is 0 Å². The lowest BCUT2D eigenvalue weighted by Crippen LogP contribution is -2.12. The molecule has 0 aliphatic heterocycles. The molecule has 0 spiro atoms. The summed E-state index contributed by atoms with van der Waals surface area (Å²) >= 11 is 3.33. The first-order valence-corrected chi connectivity index (χ1v) is 9.39. The van der Waals surface area contributed by atoms with Gasteiger partial charge in [0.05, 0.1) is 24.1 Å². The molecule has 0 fully saturated rings. The Morgan fingerprint density at radius 1 is 1.14 bits per heavy atom. The topological polar surface area (TPSA) is 68.5 Å². The molecule has 6 nitrogen and oxygen atoms in total. The zero-order chi connectivity index (χ0) is 19.7. The number of rotatable bonds is 4. The maximum absolute atomic E-state index is 12.5. The average Bonchev–Trinajstić information content (AvgIpc) is 3.04. The lowest BCUT2D eigenvalue weighted by Gasteiger charge is -2.07. The molecule has 0 bridgehead atoms. The Kier molecular flexibility index (Phi) is 4.83. The fourth-order valence-corrected chi connectivity index (χ4v) is 3.36. The van der Waals surface area contributed by atoms with Gasteiger partial charge < -0.3 is 14.5 Å². The van der Waals surface area contributed by atoms with Crippen molar-refractivity contribution in [1.29, 1.82) is 0 Å². The maximum Gasteiger partial charge on any atom is 0.257 e. The van der Waals surface area contributed by atoms with Crippen LogP contribution < -0.4 is 10.1 Å². The van der Waals surface area contributed by atoms with Gasteiger partial charge in [0, 0.05) is 34.3 Å². The van der Waals surface area contributed by atoms with Gasteiger partial charge in [0.1, 0.15) is 11.4 Å². The first kappa shape index (κ1) is 18.2. The number of benzene rings is 1. The smallest absolute Gasteiger partial charge is 0.257 e. The van der Waals surface area contributed by atoms with Gasteiger partial charge in [-0.1, -0.05) is 0 Å². The second-order valence-electron chi connectivity index (χ2n) is 6.27. The van der Waals surface area contributed by atoms with Gasteiger partial charge in [-0.25, -0.2) is 4.98 Å². The number of ether oxygens (including phenoxy) is 1. The number of aromatic nitrogens is 3. The van der Waals surface area contributed by atoms with Crippen LogP contribution in [0, 0.1) is 6.92 Å². The first-order valence-electron chi connectivity index (χ1n) is 8.60. The Hall–Kier alpha value is -3.19. The van der Waals surface area contributed by atoms with E-state index in [9.17, 15) is 4.79 Å². The van der Waals surface area contributed by atoms with Gasteiger partial charge >= 0.3 is 0 Å². The first-order chi connectivity index (χ1) is 13.5. The van der Waals surface area contributed by atoms with Crippen LogP contribution in [-0.2, 0) is 0 Å². The van der Waals surface area contributed by atoms with Crippen LogP contribution in [0.15, 0.2) is 65.5 Å². The Balaban J connectivity index is 1.65. The van der Waals surface area contributed by atoms with Gasteiger partial charge in [-0.3, -0.25) is 9.78 Å². The molecule has 4 rings (SSSR count). The Morgan fingerprint density at radius 2 is 1.93 bits per heavy atom. The third-order valence-electron chi connectivity index (χ3n) is 4.45. The van der Waals surface area contributed by atoms with Gasteiger partial charge in [0.25, 0.3) is 5.91 Å². The zero-order valence-corrected chi connectivity index (χ0v) is 16.9. The van der Waals surface area contributed by atoms with Gasteiger partial charge in [-0.2, -0.15) is 0 Å². The lowest BCUT2D eigenvalue weighted by molar-refractivity contribution is 0.102. The minimum atomic E-state index is -0.221. The number of pyridine rings is 2. The molecule has 4 aromatic rings. The molecular formula is C21H17BrN4O2. The molecule has 1 N–H and O–H groups in total. The third-order valence-corrected chi connectivity index (χ3v) is 4.88. The number of fused-ring (bicyclic) bond motifs is 1. The Labute approximate surface area is 170 Å². The summed E-state index contributed by atoms with van der Waals surface area (Å²) in [6.45, 7) is 2.00. The summed E-state index contributed by atoms with van der Waals surface area (Å²) in [7, 11) is 1.64. The highest BCUT2D eigenvalue weighted by atomic mass is 79.9. The maximum atomic E-state index is 12.5. The second-order valence-corrected chi connectivity index (χ2v) is 7.18. The average molecular weight is 437 g/mol. The van der Waals surface area contributed by atoms with E-state index in [1.165, 1.54) is 6.20 Å². The van der Waals surface area contributed by atoms with Crippen molar-refractivity contribution in [2.45, 2.75) is 6.92 Å². The number of nitrogens with zero attached hydrogens (tertiary/aromatic N) is 3. The summed E-state index contributed by atoms with van der Waals surface area (Å²) in [6.07, 6.45) is 5.04. The van der Waals surface area contributed by atoms with Crippen LogP contribution in [-0.4, -0.2) is 27.4 Å². The van der Waals surface area contributed by atoms with E-state index in [0.29, 0.717) is 11.3 Å². The lowest BCUT2D eigenvalue weighted by atomic mass is 10.1. The molecule has 0 aliphatic carbocycles. The summed E-state index contributed by atoms with van der Waals surface area (Å²) in [5, 5.41) is 2.90. The van der Waals surface area contributed by atoms with Crippen LogP contribution in [0.3, 0.4) is 0 Å². The van der Waals surface area contributed by atoms with Crippen LogP contribution in [0.1, 0.15) is 16.1 Å². The number of hydrogen-bond acceptors (Lipinski definition) is 4. The van der Waals surface area contributed by atoms with Crippen molar-refractivity contribution in [2.24, 2.45) is 0 Å². The number of halogens is 1. The Bertz CT molecular complexity index is 1170. The van der Waals surface area contributed by atoms with E-state index in [1.54, 1.807) is 19.4 Å². The summed E-state index contributed by atoms with van der Waals surface area (Å²) in [5.74, 6) is 0.582. The van der Waals surface area contributed by atoms with Crippen molar-refractivity contribution in [3.05, 3.63) is 76.8 Å². The van der Waals surface area contributed by atoms with Crippen molar-refractivity contribution in [3.8, 4) is 17.0 Å². The van der Waals surface area contributed by atoms with Gasteiger partial charge in [0.2, 0.25) is 0 Å². The zero-order valence-electron chi connectivity index (χ0n) is 15.3. The van der Waals surface area contributed by atoms with Gasteiger partial charge in [0.15, 0.2) is 0 Å². The molecule has 7 heteroatoms. The van der Waals surface area contributed by atoms with E-state index in [0.717, 1.165) is 32.8 Å². The molecule has 1 amide bonds. The fraction of sp³-hybridized carbons (Fsp3) is 0.0952. The number of hydrogen-bond donors (Lipinski definition) is 1. The third kappa shape index (κ3) is 3.48. The molecular weight excluding hydrogens is 420 g/mol. The highest BCUT2D eigenvalue weighted by molar-refractivity contribution is 9.10. The molecule has 0 atom stereocenters. The van der Waals surface area contributed by atoms with Crippen LogP contribution in [0.25, 0.3) is 16.9 Å². The molecule has 0 aliphatic rings. The van der Waals surface area contributed by atoms with Crippen molar-refractivity contribution in [2.75, 3.05) is 12.4 Å². The minimum Gasteiger partial charge on any atom is -0.497 e. The number of nitrogens with one attached hydrogen (secondary N) is 1. The molecule has 0 saturated heterocycles. The summed E-state index contributed by atoms with van der Waals surface area (Å²) in [4.78, 5) is 21.2. The molecule has 0 radical (unpaired) electrons. The number of methoxy groups -OCH3 is 1. The molecule has 3 heterocycles. The van der Waals surface area contributed by atoms with Crippen LogP contribution in [0.2, 0.25) is 0 Å². The SMILES string of the molecule is COc1ccc(-c2nc3ccc(NC(=O)c4cncc(Br)c4)cn3c2C)cc1. The number of anilines is 1. The fourth-order valence-electron chi connectivity index (χ4n) is 3.00. The van der Waals surface area contributed by atoms with E-state index in [4.69, 9.17) is 9.72 Å². The molecule has 1 aromatic carbocycles. The molecule has 0 saturated carbocycles. The monoisotopic (exact) mass is 436 g/mol. The van der Waals surface area contributed by atoms with E-state index in [1.807, 2.05) is 53.9 Å². The number of amides is 1. The number of carbonyl (C=O) groups is 1. The van der Waals surface area contributed by atoms with Crippen molar-refractivity contribution in [1.82, 2.24) is 14.4 Å². The predicted octanol–water partition coefficient (Wildman–Crippen LogP) is 4.73. The largest absolute Gasteiger partial charge is 0.497 e. The number of imidazole rings is 1. The van der Waals surface area contributed by atoms with Crippen LogP contribution >= 0.6 is 15.9 Å². The van der Waals surface area contributed by atoms with Crippen molar-refractivity contribution < 1.29 is 9.53 Å². The number of aryl methyl sites for hydroxylation is 1. The van der Waals surface area contributed by atoms with Crippen LogP contribution in [0.4, 0.5) is 5.69 Å². The van der Waals surface area contributed by atoms with Crippen LogP contribution in [0.5, 0.6) is 5.75 Å². The predicted molar refractivity (Wildman–Crippen MR) is 112 cm³/mol. The van der Waals surface area contributed by atoms with Gasteiger partial charge in [-0.05, 0) is 65.3 Å². The van der Waals surface area contributed by atoms with Crippen molar-refractivity contribution >= 4 is 33.2 Å². The van der Waals surface area contributed by atoms with E-state index in [2.05, 4.69) is 26.2 Å². The molecule has 3 aromatic heterocycles. The quantitative estimate of drug-likeness (QED) is 0.502. The van der Waals surface area contributed by atoms with E-state index < -0.39 is 0 Å². The molecule has 0 unspecified atom stereocenters. The highest BCUT2D eigenvalue weighted by Gasteiger charge is 2.12. The highest BCUT2D eigenvalue weighted by Crippen LogP contribution is 2.26. The molecule has 28 heavy (non-hydrogen) atoms. The second kappa shape index (κ2) is 7.44. The number of carbonyl (C=O) groups excluding carboxylic acids is 1.